The Labute approximate surface area is 146 Å². The van der Waals surface area contributed by atoms with Crippen LogP contribution in [0.4, 0.5) is 5.82 Å². The zero-order valence-corrected chi connectivity index (χ0v) is 13.3. The van der Waals surface area contributed by atoms with Crippen LogP contribution in [0.1, 0.15) is 15.1 Å². The molecule has 2 unspecified atom stereocenters. The van der Waals surface area contributed by atoms with Crippen molar-refractivity contribution in [3.05, 3.63) is 60.9 Å². The maximum absolute atomic E-state index is 6.02. The van der Waals surface area contributed by atoms with Crippen molar-refractivity contribution >= 4 is 5.82 Å². The molecule has 0 aliphatic heterocycles. The molecule has 5 rings (SSSR count). The Morgan fingerprint density at radius 1 is 1.24 bits per heavy atom. The van der Waals surface area contributed by atoms with Crippen LogP contribution < -0.4 is 5.73 Å². The van der Waals surface area contributed by atoms with E-state index >= 15 is 0 Å². The van der Waals surface area contributed by atoms with E-state index in [4.69, 9.17) is 5.73 Å². The van der Waals surface area contributed by atoms with Gasteiger partial charge in [-0.1, -0.05) is 24.3 Å². The Morgan fingerprint density at radius 2 is 2.20 bits per heavy atom. The molecule has 2 aliphatic rings. The van der Waals surface area contributed by atoms with E-state index in [-0.39, 0.29) is 8.27 Å². The molecule has 7 nitrogen and oxygen atoms in total. The number of fused-ring (bicyclic) bond motifs is 1. The van der Waals surface area contributed by atoms with Crippen LogP contribution in [-0.2, 0) is 5.41 Å². The summed E-state index contributed by atoms with van der Waals surface area (Å²) in [7, 11) is 0. The van der Waals surface area contributed by atoms with Crippen molar-refractivity contribution in [2.45, 2.75) is 11.8 Å². The first-order valence-corrected chi connectivity index (χ1v) is 8.08. The van der Waals surface area contributed by atoms with Gasteiger partial charge in [0.05, 0.1) is 17.3 Å². The number of rotatable bonds is 3. The van der Waals surface area contributed by atoms with Gasteiger partial charge in [-0.15, -0.1) is 0 Å². The van der Waals surface area contributed by atoms with Crippen molar-refractivity contribution < 1.29 is 2.85 Å². The summed E-state index contributed by atoms with van der Waals surface area (Å²) < 4.78 is 0. The lowest BCUT2D eigenvalue weighted by atomic mass is 9.99. The number of hydrogen-bond donors (Lipinski definition) is 2. The lowest BCUT2D eigenvalue weighted by molar-refractivity contribution is 0.742. The highest BCUT2D eigenvalue weighted by Crippen LogP contribution is 2.56. The Hall–Kier alpha value is -3.35. The van der Waals surface area contributed by atoms with Gasteiger partial charge in [0, 0.05) is 20.8 Å². The highest BCUT2D eigenvalue weighted by molar-refractivity contribution is 5.68. The van der Waals surface area contributed by atoms with E-state index in [0.717, 1.165) is 17.8 Å². The molecule has 0 amide bonds. The van der Waals surface area contributed by atoms with Gasteiger partial charge in [-0.3, -0.25) is 10.1 Å². The smallest absolute Gasteiger partial charge is 0.203 e. The fourth-order valence-electron chi connectivity index (χ4n) is 3.31. The van der Waals surface area contributed by atoms with Crippen molar-refractivity contribution in [3.8, 4) is 22.8 Å². The van der Waals surface area contributed by atoms with Gasteiger partial charge in [0.2, 0.25) is 5.82 Å². The number of pyridine rings is 1. The molecule has 25 heavy (non-hydrogen) atoms. The summed E-state index contributed by atoms with van der Waals surface area (Å²) in [5, 5.41) is 7.40. The Balaban J connectivity index is 0.00000105. The van der Waals surface area contributed by atoms with Gasteiger partial charge < -0.3 is 5.73 Å². The van der Waals surface area contributed by atoms with Crippen LogP contribution in [0.3, 0.4) is 0 Å². The molecule has 2 aliphatic carbocycles. The van der Waals surface area contributed by atoms with Crippen molar-refractivity contribution in [2.75, 3.05) is 5.73 Å². The van der Waals surface area contributed by atoms with E-state index in [1.165, 1.54) is 0 Å². The molecule has 2 atom stereocenters. The molecule has 1 saturated carbocycles. The first kappa shape index (κ1) is 14.0. The average Bonchev–Trinajstić information content (AvgIpc) is 3.21. The van der Waals surface area contributed by atoms with Crippen LogP contribution in [0.15, 0.2) is 55.0 Å². The minimum atomic E-state index is -0.0524. The quantitative estimate of drug-likeness (QED) is 0.763. The first-order valence-electron chi connectivity index (χ1n) is 8.08. The monoisotopic (exact) mass is 333 g/mol. The molecular formula is C18H19N7. The number of hydrogen-bond acceptors (Lipinski definition) is 6. The van der Waals surface area contributed by atoms with Gasteiger partial charge >= 0.3 is 0 Å². The van der Waals surface area contributed by atoms with Gasteiger partial charge in [0.25, 0.3) is 0 Å². The van der Waals surface area contributed by atoms with Crippen molar-refractivity contribution in [2.24, 2.45) is 5.92 Å². The second-order valence-electron chi connectivity index (χ2n) is 6.33. The lowest BCUT2D eigenvalue weighted by Gasteiger charge is -2.09. The largest absolute Gasteiger partial charge is 0.382 e. The maximum atomic E-state index is 6.02. The molecule has 126 valence electrons. The van der Waals surface area contributed by atoms with Gasteiger partial charge in [-0.2, -0.15) is 5.10 Å². The molecule has 0 saturated heterocycles. The number of aromatic nitrogens is 6. The molecule has 1 fully saturated rings. The third kappa shape index (κ3) is 2.16. The van der Waals surface area contributed by atoms with E-state index < -0.39 is 0 Å². The lowest BCUT2D eigenvalue weighted by Crippen LogP contribution is -2.10. The highest BCUT2D eigenvalue weighted by atomic mass is 15.2. The summed E-state index contributed by atoms with van der Waals surface area (Å²) >= 11 is 0. The SMILES string of the molecule is Nc1ncc(-c2cccnc2)nc1-c1n[nH]c(C23C=CC=CC2C3)n1.[HH].[HH]. The number of nitrogen functional groups attached to an aromatic ring is 1. The van der Waals surface area contributed by atoms with E-state index in [1.807, 2.05) is 12.1 Å². The number of allylic oxidation sites excluding steroid dienone is 4. The number of aromatic amines is 1. The number of nitrogens with one attached hydrogen (secondary N) is 1. The second-order valence-corrected chi connectivity index (χ2v) is 6.33. The second kappa shape index (κ2) is 5.07. The Bertz CT molecular complexity index is 1020. The molecule has 3 aromatic heterocycles. The Morgan fingerprint density at radius 3 is 3.04 bits per heavy atom. The third-order valence-corrected chi connectivity index (χ3v) is 4.80. The van der Waals surface area contributed by atoms with Gasteiger partial charge in [0.1, 0.15) is 5.82 Å². The molecule has 0 bridgehead atoms. The molecule has 3 N–H and O–H groups in total. The predicted molar refractivity (Wildman–Crippen MR) is 97.3 cm³/mol. The van der Waals surface area contributed by atoms with Crippen molar-refractivity contribution in [1.82, 2.24) is 30.1 Å². The van der Waals surface area contributed by atoms with Crippen LogP contribution in [0.5, 0.6) is 0 Å². The summed E-state index contributed by atoms with van der Waals surface area (Å²) in [6.45, 7) is 0. The van der Waals surface area contributed by atoms with Crippen LogP contribution >= 0.6 is 0 Å². The molecule has 0 aromatic carbocycles. The van der Waals surface area contributed by atoms with E-state index in [1.54, 1.807) is 18.6 Å². The maximum Gasteiger partial charge on any atom is 0.203 e. The van der Waals surface area contributed by atoms with E-state index in [9.17, 15) is 0 Å². The minimum Gasteiger partial charge on any atom is -0.382 e. The van der Waals surface area contributed by atoms with Crippen LogP contribution in [0.25, 0.3) is 22.8 Å². The summed E-state index contributed by atoms with van der Waals surface area (Å²) in [5.41, 5.74) is 8.00. The van der Waals surface area contributed by atoms with E-state index in [2.05, 4.69) is 54.4 Å². The predicted octanol–water partition coefficient (Wildman–Crippen LogP) is 2.78. The van der Waals surface area contributed by atoms with Gasteiger partial charge in [-0.25, -0.2) is 15.0 Å². The standard InChI is InChI=1S/C18H15N7.2H2/c19-15-14(22-13(10-21-15)11-4-3-7-20-9-11)16-23-17(25-24-16)18-6-2-1-5-12(18)8-18;;/h1-7,9-10,12H,8H2,(H2,19,21)(H,23,24,25);2*1H. The van der Waals surface area contributed by atoms with Crippen molar-refractivity contribution in [1.29, 1.82) is 0 Å². The zero-order valence-electron chi connectivity index (χ0n) is 13.3. The molecular weight excluding hydrogens is 314 g/mol. The molecule has 0 spiro atoms. The van der Waals surface area contributed by atoms with Gasteiger partial charge in [-0.05, 0) is 24.5 Å². The zero-order chi connectivity index (χ0) is 16.9. The fourth-order valence-corrected chi connectivity index (χ4v) is 3.31. The van der Waals surface area contributed by atoms with Crippen LogP contribution in [0.2, 0.25) is 0 Å². The van der Waals surface area contributed by atoms with Crippen LogP contribution in [-0.4, -0.2) is 30.1 Å². The summed E-state index contributed by atoms with van der Waals surface area (Å²) in [5.74, 6) is 2.11. The normalized spacial score (nSPS) is 23.4. The number of H-pyrrole nitrogens is 1. The van der Waals surface area contributed by atoms with Crippen LogP contribution in [0, 0.1) is 5.92 Å². The average molecular weight is 333 g/mol. The Kier molecular flexibility index (Phi) is 2.85. The molecule has 0 radical (unpaired) electrons. The van der Waals surface area contributed by atoms with Crippen molar-refractivity contribution in [3.63, 3.8) is 0 Å². The minimum absolute atomic E-state index is 0. The topological polar surface area (TPSA) is 106 Å². The number of anilines is 1. The number of nitrogens with zero attached hydrogens (tertiary/aromatic N) is 5. The van der Waals surface area contributed by atoms with E-state index in [0.29, 0.717) is 28.9 Å². The summed E-state index contributed by atoms with van der Waals surface area (Å²) in [6, 6.07) is 3.78. The highest BCUT2D eigenvalue weighted by Gasteiger charge is 2.55. The first-order chi connectivity index (χ1) is 12.3. The molecule has 3 heterocycles. The molecule has 7 heteroatoms. The van der Waals surface area contributed by atoms with Gasteiger partial charge in [0.15, 0.2) is 11.5 Å². The summed E-state index contributed by atoms with van der Waals surface area (Å²) in [4.78, 5) is 17.6. The number of nitrogens with two attached hydrogens (primary N) is 1. The fraction of sp³-hybridized carbons (Fsp3) is 0.167. The molecule has 3 aromatic rings. The third-order valence-electron chi connectivity index (χ3n) is 4.80. The summed E-state index contributed by atoms with van der Waals surface area (Å²) in [6.07, 6.45) is 14.7.